The molecule has 0 radical (unpaired) electrons. The number of halogens is 1. The molecule has 1 aromatic heterocycles. The standard InChI is InChI=1S/C9H9BrN2O4/c1-2-16-9(13)4-8-7(10)3-6(5-11-8)12(14)15/h3,5H,2,4H2,1H3. The molecule has 6 nitrogen and oxygen atoms in total. The zero-order valence-electron chi connectivity index (χ0n) is 8.47. The van der Waals surface area contributed by atoms with Crippen LogP contribution < -0.4 is 0 Å². The summed E-state index contributed by atoms with van der Waals surface area (Å²) < 4.78 is 5.17. The van der Waals surface area contributed by atoms with Crippen molar-refractivity contribution in [2.75, 3.05) is 6.61 Å². The summed E-state index contributed by atoms with van der Waals surface area (Å²) in [6, 6.07) is 1.31. The fourth-order valence-corrected chi connectivity index (χ4v) is 1.51. The van der Waals surface area contributed by atoms with Gasteiger partial charge in [-0.25, -0.2) is 0 Å². The maximum Gasteiger partial charge on any atom is 0.311 e. The average Bonchev–Trinajstić information content (AvgIpc) is 2.21. The van der Waals surface area contributed by atoms with Crippen molar-refractivity contribution in [1.82, 2.24) is 4.98 Å². The topological polar surface area (TPSA) is 82.3 Å². The second-order valence-electron chi connectivity index (χ2n) is 2.86. The second kappa shape index (κ2) is 5.55. The Morgan fingerprint density at radius 2 is 2.38 bits per heavy atom. The van der Waals surface area contributed by atoms with Crippen LogP contribution in [0.1, 0.15) is 12.6 Å². The summed E-state index contributed by atoms with van der Waals surface area (Å²) in [6.45, 7) is 2.00. The highest BCUT2D eigenvalue weighted by Gasteiger charge is 2.13. The Morgan fingerprint density at radius 1 is 1.69 bits per heavy atom. The van der Waals surface area contributed by atoms with E-state index in [0.717, 1.165) is 6.20 Å². The lowest BCUT2D eigenvalue weighted by atomic mass is 10.2. The Balaban J connectivity index is 2.83. The van der Waals surface area contributed by atoms with Gasteiger partial charge in [-0.3, -0.25) is 19.9 Å². The van der Waals surface area contributed by atoms with Crippen LogP contribution in [0.3, 0.4) is 0 Å². The summed E-state index contributed by atoms with van der Waals surface area (Å²) in [4.78, 5) is 24.9. The van der Waals surface area contributed by atoms with E-state index in [1.165, 1.54) is 6.07 Å². The number of carbonyl (C=O) groups excluding carboxylic acids is 1. The van der Waals surface area contributed by atoms with E-state index in [1.54, 1.807) is 6.92 Å². The first-order valence-corrected chi connectivity index (χ1v) is 5.28. The minimum Gasteiger partial charge on any atom is -0.466 e. The highest BCUT2D eigenvalue weighted by Crippen LogP contribution is 2.21. The van der Waals surface area contributed by atoms with Crippen LogP contribution in [0.4, 0.5) is 5.69 Å². The molecule has 0 aliphatic heterocycles. The lowest BCUT2D eigenvalue weighted by Gasteiger charge is -2.03. The fourth-order valence-electron chi connectivity index (χ4n) is 1.03. The van der Waals surface area contributed by atoms with Crippen molar-refractivity contribution in [3.63, 3.8) is 0 Å². The van der Waals surface area contributed by atoms with Gasteiger partial charge < -0.3 is 4.74 Å². The highest BCUT2D eigenvalue weighted by atomic mass is 79.9. The van der Waals surface area contributed by atoms with Crippen molar-refractivity contribution in [1.29, 1.82) is 0 Å². The summed E-state index contributed by atoms with van der Waals surface area (Å²) in [5.74, 6) is -0.412. The monoisotopic (exact) mass is 288 g/mol. The molecule has 0 saturated heterocycles. The number of hydrogen-bond acceptors (Lipinski definition) is 5. The van der Waals surface area contributed by atoms with E-state index in [9.17, 15) is 14.9 Å². The van der Waals surface area contributed by atoms with Crippen LogP contribution in [0, 0.1) is 10.1 Å². The van der Waals surface area contributed by atoms with Crippen molar-refractivity contribution in [3.8, 4) is 0 Å². The quantitative estimate of drug-likeness (QED) is 0.480. The summed E-state index contributed by atoms with van der Waals surface area (Å²) >= 11 is 3.12. The first-order chi connectivity index (χ1) is 7.54. The van der Waals surface area contributed by atoms with Crippen LogP contribution in [-0.4, -0.2) is 22.5 Å². The molecule has 0 amide bonds. The first kappa shape index (κ1) is 12.6. The Bertz CT molecular complexity index is 422. The van der Waals surface area contributed by atoms with E-state index in [1.807, 2.05) is 0 Å². The Morgan fingerprint density at radius 3 is 2.88 bits per heavy atom. The molecule has 1 aromatic rings. The molecule has 16 heavy (non-hydrogen) atoms. The molecule has 0 saturated carbocycles. The summed E-state index contributed by atoms with van der Waals surface area (Å²) in [5.41, 5.74) is 0.295. The number of carbonyl (C=O) groups is 1. The van der Waals surface area contributed by atoms with Gasteiger partial charge in [-0.1, -0.05) is 0 Å². The van der Waals surface area contributed by atoms with Gasteiger partial charge in [0.2, 0.25) is 0 Å². The number of nitrogens with zero attached hydrogens (tertiary/aromatic N) is 2. The largest absolute Gasteiger partial charge is 0.466 e. The smallest absolute Gasteiger partial charge is 0.311 e. The number of aromatic nitrogens is 1. The number of rotatable bonds is 4. The molecule has 0 N–H and O–H groups in total. The molecule has 7 heteroatoms. The summed E-state index contributed by atoms with van der Waals surface area (Å²) in [7, 11) is 0. The van der Waals surface area contributed by atoms with Crippen LogP contribution >= 0.6 is 15.9 Å². The SMILES string of the molecule is CCOC(=O)Cc1ncc([N+](=O)[O-])cc1Br. The van der Waals surface area contributed by atoms with Gasteiger partial charge >= 0.3 is 5.97 Å². The zero-order valence-corrected chi connectivity index (χ0v) is 10.1. The van der Waals surface area contributed by atoms with Gasteiger partial charge in [0.05, 0.1) is 23.6 Å². The van der Waals surface area contributed by atoms with E-state index in [-0.39, 0.29) is 12.1 Å². The molecule has 0 bridgehead atoms. The van der Waals surface area contributed by atoms with Crippen LogP contribution in [0.5, 0.6) is 0 Å². The maximum absolute atomic E-state index is 11.2. The van der Waals surface area contributed by atoms with Gasteiger partial charge in [-0.05, 0) is 22.9 Å². The number of esters is 1. The Hall–Kier alpha value is -1.50. The number of nitro groups is 1. The predicted octanol–water partition coefficient (Wildman–Crippen LogP) is 1.86. The lowest BCUT2D eigenvalue weighted by molar-refractivity contribution is -0.385. The molecular weight excluding hydrogens is 280 g/mol. The molecule has 0 aromatic carbocycles. The van der Waals surface area contributed by atoms with Crippen molar-refractivity contribution < 1.29 is 14.5 Å². The number of pyridine rings is 1. The third kappa shape index (κ3) is 3.27. The first-order valence-electron chi connectivity index (χ1n) is 4.49. The fraction of sp³-hybridized carbons (Fsp3) is 0.333. The maximum atomic E-state index is 11.2. The highest BCUT2D eigenvalue weighted by molar-refractivity contribution is 9.10. The molecule has 0 atom stereocenters. The van der Waals surface area contributed by atoms with E-state index >= 15 is 0 Å². The molecule has 86 valence electrons. The molecule has 0 fully saturated rings. The molecule has 1 heterocycles. The molecular formula is C9H9BrN2O4. The zero-order chi connectivity index (χ0) is 12.1. The number of ether oxygens (including phenoxy) is 1. The van der Waals surface area contributed by atoms with Crippen LogP contribution in [0.15, 0.2) is 16.7 Å². The minimum atomic E-state index is -0.550. The third-order valence-electron chi connectivity index (χ3n) is 1.73. The van der Waals surface area contributed by atoms with Crippen LogP contribution in [0.25, 0.3) is 0 Å². The van der Waals surface area contributed by atoms with Crippen LogP contribution in [-0.2, 0) is 16.0 Å². The van der Waals surface area contributed by atoms with Gasteiger partial charge in [0.1, 0.15) is 6.20 Å². The van der Waals surface area contributed by atoms with Crippen molar-refractivity contribution in [3.05, 3.63) is 32.5 Å². The van der Waals surface area contributed by atoms with Gasteiger partial charge in [0, 0.05) is 10.5 Å². The molecule has 0 spiro atoms. The Labute approximate surface area is 99.9 Å². The molecule has 0 aliphatic rings. The lowest BCUT2D eigenvalue weighted by Crippen LogP contribution is -2.09. The molecule has 0 unspecified atom stereocenters. The van der Waals surface area contributed by atoms with Crippen molar-refractivity contribution in [2.45, 2.75) is 13.3 Å². The molecule has 1 rings (SSSR count). The normalized spacial score (nSPS) is 9.88. The van der Waals surface area contributed by atoms with Gasteiger partial charge in [0.15, 0.2) is 0 Å². The van der Waals surface area contributed by atoms with Crippen molar-refractivity contribution >= 4 is 27.6 Å². The van der Waals surface area contributed by atoms with E-state index in [0.29, 0.717) is 16.8 Å². The summed E-state index contributed by atoms with van der Waals surface area (Å²) in [5, 5.41) is 10.4. The Kier molecular flexibility index (Phi) is 4.36. The van der Waals surface area contributed by atoms with E-state index in [4.69, 9.17) is 4.74 Å². The van der Waals surface area contributed by atoms with Gasteiger partial charge in [0.25, 0.3) is 5.69 Å². The van der Waals surface area contributed by atoms with E-state index < -0.39 is 10.9 Å². The van der Waals surface area contributed by atoms with Gasteiger partial charge in [-0.2, -0.15) is 0 Å². The molecule has 0 aliphatic carbocycles. The minimum absolute atomic E-state index is 0.00752. The predicted molar refractivity (Wildman–Crippen MR) is 58.9 cm³/mol. The second-order valence-corrected chi connectivity index (χ2v) is 3.72. The third-order valence-corrected chi connectivity index (χ3v) is 2.42. The average molecular weight is 289 g/mol. The number of hydrogen-bond donors (Lipinski definition) is 0. The van der Waals surface area contributed by atoms with Gasteiger partial charge in [-0.15, -0.1) is 0 Å². The van der Waals surface area contributed by atoms with Crippen molar-refractivity contribution in [2.24, 2.45) is 0 Å². The van der Waals surface area contributed by atoms with E-state index in [2.05, 4.69) is 20.9 Å². The van der Waals surface area contributed by atoms with Crippen LogP contribution in [0.2, 0.25) is 0 Å². The summed E-state index contributed by atoms with van der Waals surface area (Å²) in [6.07, 6.45) is 1.10.